The zero-order valence-electron chi connectivity index (χ0n) is 23.0. The van der Waals surface area contributed by atoms with Crippen LogP contribution in [0.25, 0.3) is 0 Å². The van der Waals surface area contributed by atoms with Crippen molar-refractivity contribution in [3.63, 3.8) is 0 Å². The standard InChI is InChI=1S/C33H50NP/c1-25(2)30-19-13-20-31(26(3)4)32(30)22-23-34-24-27-14-11-12-21-33(27)35(28-15-7-5-8-16-28)29-17-9-6-10-18-29/h11-14,19-21,25-26,28-29,34H,5-10,15-18,22-24H2,1-4H3. The summed E-state index contributed by atoms with van der Waals surface area (Å²) in [5.74, 6) is 1.16. The first-order chi connectivity index (χ1) is 17.1. The van der Waals surface area contributed by atoms with Crippen molar-refractivity contribution in [3.05, 3.63) is 64.7 Å². The van der Waals surface area contributed by atoms with Gasteiger partial charge in [-0.25, -0.2) is 0 Å². The molecule has 4 rings (SSSR count). The molecule has 0 spiro atoms. The Morgan fingerprint density at radius 2 is 1.26 bits per heavy atom. The van der Waals surface area contributed by atoms with Gasteiger partial charge in [0.25, 0.3) is 0 Å². The van der Waals surface area contributed by atoms with Crippen LogP contribution in [0.1, 0.15) is 126 Å². The second-order valence-corrected chi connectivity index (χ2v) is 14.5. The first kappa shape index (κ1) is 26.9. The van der Waals surface area contributed by atoms with Gasteiger partial charge in [-0.2, -0.15) is 0 Å². The topological polar surface area (TPSA) is 12.0 Å². The van der Waals surface area contributed by atoms with Gasteiger partial charge >= 0.3 is 0 Å². The number of hydrogen-bond donors (Lipinski definition) is 1. The van der Waals surface area contributed by atoms with E-state index in [4.69, 9.17) is 0 Å². The van der Waals surface area contributed by atoms with E-state index >= 15 is 0 Å². The zero-order valence-corrected chi connectivity index (χ0v) is 23.9. The van der Waals surface area contributed by atoms with Gasteiger partial charge < -0.3 is 5.32 Å². The van der Waals surface area contributed by atoms with E-state index < -0.39 is 0 Å². The van der Waals surface area contributed by atoms with Crippen molar-refractivity contribution in [3.8, 4) is 0 Å². The minimum absolute atomic E-state index is 0.0451. The van der Waals surface area contributed by atoms with Crippen LogP contribution in [-0.2, 0) is 13.0 Å². The van der Waals surface area contributed by atoms with Crippen LogP contribution in [0.3, 0.4) is 0 Å². The quantitative estimate of drug-likeness (QED) is 0.258. The van der Waals surface area contributed by atoms with Gasteiger partial charge in [0, 0.05) is 6.54 Å². The van der Waals surface area contributed by atoms with Crippen molar-refractivity contribution in [2.45, 2.75) is 128 Å². The van der Waals surface area contributed by atoms with Crippen LogP contribution in [0.5, 0.6) is 0 Å². The largest absolute Gasteiger partial charge is 0.312 e. The molecule has 2 fully saturated rings. The van der Waals surface area contributed by atoms with Gasteiger partial charge in [-0.3, -0.25) is 0 Å². The average Bonchev–Trinajstić information content (AvgIpc) is 2.88. The smallest absolute Gasteiger partial charge is 0.0211 e. The third-order valence-corrected chi connectivity index (χ3v) is 12.2. The molecule has 0 bridgehead atoms. The van der Waals surface area contributed by atoms with Gasteiger partial charge in [0.05, 0.1) is 0 Å². The predicted octanol–water partition coefficient (Wildman–Crippen LogP) is 9.04. The number of hydrogen-bond acceptors (Lipinski definition) is 1. The van der Waals surface area contributed by atoms with Crippen molar-refractivity contribution in [1.82, 2.24) is 5.32 Å². The van der Waals surface area contributed by atoms with E-state index in [0.29, 0.717) is 11.8 Å². The van der Waals surface area contributed by atoms with Crippen LogP contribution in [0.4, 0.5) is 0 Å². The van der Waals surface area contributed by atoms with E-state index in [0.717, 1.165) is 30.8 Å². The Labute approximate surface area is 217 Å². The summed E-state index contributed by atoms with van der Waals surface area (Å²) in [5.41, 5.74) is 8.19. The molecule has 0 atom stereocenters. The maximum Gasteiger partial charge on any atom is 0.0211 e. The fourth-order valence-corrected chi connectivity index (χ4v) is 10.7. The van der Waals surface area contributed by atoms with E-state index in [2.05, 4.69) is 75.5 Å². The number of benzene rings is 2. The molecule has 2 aliphatic rings. The highest BCUT2D eigenvalue weighted by atomic mass is 31.1. The molecular formula is C33H50NP. The molecule has 2 aromatic carbocycles. The molecule has 1 nitrogen and oxygen atoms in total. The molecule has 0 unspecified atom stereocenters. The first-order valence-electron chi connectivity index (χ1n) is 14.7. The molecule has 0 saturated heterocycles. The van der Waals surface area contributed by atoms with E-state index in [1.807, 2.05) is 0 Å². The molecule has 0 heterocycles. The van der Waals surface area contributed by atoms with Crippen molar-refractivity contribution < 1.29 is 0 Å². The fraction of sp³-hybridized carbons (Fsp3) is 0.636. The molecular weight excluding hydrogens is 441 g/mol. The van der Waals surface area contributed by atoms with Crippen LogP contribution in [0.15, 0.2) is 42.5 Å². The lowest BCUT2D eigenvalue weighted by atomic mass is 9.87. The van der Waals surface area contributed by atoms with Crippen molar-refractivity contribution >= 4 is 13.2 Å². The third-order valence-electron chi connectivity index (χ3n) is 8.57. The van der Waals surface area contributed by atoms with E-state index in [1.165, 1.54) is 75.3 Å². The first-order valence-corrected chi connectivity index (χ1v) is 16.2. The maximum absolute atomic E-state index is 3.89. The maximum atomic E-state index is 3.89. The van der Waals surface area contributed by atoms with Crippen LogP contribution < -0.4 is 10.6 Å². The number of rotatable bonds is 10. The molecule has 35 heavy (non-hydrogen) atoms. The molecule has 2 heteroatoms. The summed E-state index contributed by atoms with van der Waals surface area (Å²) >= 11 is 0. The summed E-state index contributed by atoms with van der Waals surface area (Å²) in [6, 6.07) is 16.5. The molecule has 0 amide bonds. The fourth-order valence-electron chi connectivity index (χ4n) is 6.75. The second-order valence-electron chi connectivity index (χ2n) is 11.8. The normalized spacial score (nSPS) is 18.1. The van der Waals surface area contributed by atoms with Gasteiger partial charge in [0.1, 0.15) is 0 Å². The van der Waals surface area contributed by atoms with Crippen LogP contribution in [0.2, 0.25) is 0 Å². The minimum atomic E-state index is -0.0451. The Hall–Kier alpha value is -1.17. The molecule has 0 radical (unpaired) electrons. The summed E-state index contributed by atoms with van der Waals surface area (Å²) in [4.78, 5) is 0. The highest BCUT2D eigenvalue weighted by Crippen LogP contribution is 2.55. The molecule has 0 aliphatic heterocycles. The average molecular weight is 492 g/mol. The zero-order chi connectivity index (χ0) is 24.6. The Bertz CT molecular complexity index is 861. The van der Waals surface area contributed by atoms with E-state index in [1.54, 1.807) is 16.4 Å². The molecule has 1 N–H and O–H groups in total. The Morgan fingerprint density at radius 1 is 0.714 bits per heavy atom. The SMILES string of the molecule is CC(C)c1cccc(C(C)C)c1CCNCc1ccccc1P(C1CCCCC1)C1CCCCC1. The highest BCUT2D eigenvalue weighted by molar-refractivity contribution is 7.67. The molecule has 0 aromatic heterocycles. The Balaban J connectivity index is 1.48. The monoisotopic (exact) mass is 491 g/mol. The van der Waals surface area contributed by atoms with Gasteiger partial charge in [0.15, 0.2) is 0 Å². The lowest BCUT2D eigenvalue weighted by Gasteiger charge is -2.39. The Kier molecular flexibility index (Phi) is 10.3. The van der Waals surface area contributed by atoms with E-state index in [-0.39, 0.29) is 7.92 Å². The third kappa shape index (κ3) is 6.99. The number of nitrogens with one attached hydrogen (secondary N) is 1. The lowest BCUT2D eigenvalue weighted by Crippen LogP contribution is -2.29. The Morgan fingerprint density at radius 3 is 1.80 bits per heavy atom. The summed E-state index contributed by atoms with van der Waals surface area (Å²) in [6.07, 6.45) is 15.8. The van der Waals surface area contributed by atoms with Crippen LogP contribution in [-0.4, -0.2) is 17.9 Å². The molecule has 192 valence electrons. The lowest BCUT2D eigenvalue weighted by molar-refractivity contribution is 0.487. The van der Waals surface area contributed by atoms with Gasteiger partial charge in [-0.05, 0) is 89.4 Å². The summed E-state index contributed by atoms with van der Waals surface area (Å²) in [5, 5.41) is 5.64. The van der Waals surface area contributed by atoms with E-state index in [9.17, 15) is 0 Å². The van der Waals surface area contributed by atoms with Crippen LogP contribution >= 0.6 is 7.92 Å². The van der Waals surface area contributed by atoms with Crippen molar-refractivity contribution in [2.24, 2.45) is 0 Å². The van der Waals surface area contributed by atoms with Crippen molar-refractivity contribution in [2.75, 3.05) is 6.54 Å². The predicted molar refractivity (Wildman–Crippen MR) is 157 cm³/mol. The molecule has 2 saturated carbocycles. The van der Waals surface area contributed by atoms with Gasteiger partial charge in [-0.1, -0.05) is 117 Å². The summed E-state index contributed by atoms with van der Waals surface area (Å²) < 4.78 is 0. The van der Waals surface area contributed by atoms with Gasteiger partial charge in [0.2, 0.25) is 0 Å². The molecule has 2 aromatic rings. The van der Waals surface area contributed by atoms with Gasteiger partial charge in [-0.15, -0.1) is 0 Å². The van der Waals surface area contributed by atoms with Crippen LogP contribution in [0, 0.1) is 0 Å². The second kappa shape index (κ2) is 13.4. The minimum Gasteiger partial charge on any atom is -0.312 e. The van der Waals surface area contributed by atoms with Crippen molar-refractivity contribution in [1.29, 1.82) is 0 Å². The molecule has 2 aliphatic carbocycles. The summed E-state index contributed by atoms with van der Waals surface area (Å²) in [7, 11) is -0.0451. The highest BCUT2D eigenvalue weighted by Gasteiger charge is 2.33. The summed E-state index contributed by atoms with van der Waals surface area (Å²) in [6.45, 7) is 11.4.